The number of para-hydroxylation sites is 1. The highest BCUT2D eigenvalue weighted by atomic mass is 16.4. The van der Waals surface area contributed by atoms with Crippen molar-refractivity contribution >= 4 is 17.5 Å². The molecule has 0 saturated heterocycles. The van der Waals surface area contributed by atoms with Crippen LogP contribution in [0.4, 0.5) is 11.5 Å². The van der Waals surface area contributed by atoms with Crippen molar-refractivity contribution in [2.75, 3.05) is 11.9 Å². The van der Waals surface area contributed by atoms with E-state index in [0.717, 1.165) is 5.69 Å². The fourth-order valence-electron chi connectivity index (χ4n) is 1.50. The lowest BCUT2D eigenvalue weighted by atomic mass is 10.3. The zero-order chi connectivity index (χ0) is 12.3. The lowest BCUT2D eigenvalue weighted by molar-refractivity contribution is 0.0691. The molecule has 0 saturated carbocycles. The third-order valence-electron chi connectivity index (χ3n) is 2.34. The number of carbonyl (C=O) groups is 1. The molecule has 86 valence electrons. The van der Waals surface area contributed by atoms with Crippen molar-refractivity contribution in [3.8, 4) is 0 Å². The van der Waals surface area contributed by atoms with E-state index in [0.29, 0.717) is 5.82 Å². The van der Waals surface area contributed by atoms with Crippen molar-refractivity contribution in [1.29, 1.82) is 0 Å². The summed E-state index contributed by atoms with van der Waals surface area (Å²) in [6.45, 7) is 0. The number of carboxylic acid groups (broad SMARTS) is 1. The molecule has 0 spiro atoms. The van der Waals surface area contributed by atoms with E-state index in [4.69, 9.17) is 5.11 Å². The van der Waals surface area contributed by atoms with Crippen molar-refractivity contribution in [2.24, 2.45) is 0 Å². The summed E-state index contributed by atoms with van der Waals surface area (Å²) in [6.07, 6.45) is 2.84. The molecule has 1 aromatic carbocycles. The maximum atomic E-state index is 11.0. The number of hydrogen-bond acceptors (Lipinski definition) is 4. The van der Waals surface area contributed by atoms with Crippen LogP contribution in [0.2, 0.25) is 0 Å². The first-order valence-electron chi connectivity index (χ1n) is 5.03. The molecule has 2 aromatic rings. The average molecular weight is 229 g/mol. The van der Waals surface area contributed by atoms with Gasteiger partial charge in [0.05, 0.1) is 0 Å². The topological polar surface area (TPSA) is 66.3 Å². The van der Waals surface area contributed by atoms with Crippen LogP contribution in [0.5, 0.6) is 0 Å². The Morgan fingerprint density at radius 2 is 1.82 bits per heavy atom. The van der Waals surface area contributed by atoms with Crippen molar-refractivity contribution in [2.45, 2.75) is 0 Å². The minimum absolute atomic E-state index is 0.0566. The molecule has 1 aromatic heterocycles. The van der Waals surface area contributed by atoms with E-state index in [1.54, 1.807) is 11.9 Å². The molecule has 1 N–H and O–H groups in total. The Labute approximate surface area is 98.4 Å². The Balaban J connectivity index is 2.44. The molecule has 0 aliphatic heterocycles. The SMILES string of the molecule is CN(c1ccccc1)c1nccnc1C(=O)O. The van der Waals surface area contributed by atoms with Gasteiger partial charge in [0.2, 0.25) is 0 Å². The van der Waals surface area contributed by atoms with E-state index in [9.17, 15) is 4.79 Å². The van der Waals surface area contributed by atoms with Gasteiger partial charge in [0.1, 0.15) is 0 Å². The second-order valence-corrected chi connectivity index (χ2v) is 3.43. The van der Waals surface area contributed by atoms with Gasteiger partial charge >= 0.3 is 5.97 Å². The van der Waals surface area contributed by atoms with Crippen molar-refractivity contribution in [3.05, 3.63) is 48.4 Å². The van der Waals surface area contributed by atoms with Crippen LogP contribution in [0.15, 0.2) is 42.7 Å². The molecule has 0 aliphatic carbocycles. The molecule has 0 unspecified atom stereocenters. The first kappa shape index (κ1) is 11.1. The predicted octanol–water partition coefficient (Wildman–Crippen LogP) is 1.94. The predicted molar refractivity (Wildman–Crippen MR) is 63.5 cm³/mol. The Morgan fingerprint density at radius 1 is 1.18 bits per heavy atom. The average Bonchev–Trinajstić information content (AvgIpc) is 2.39. The molecule has 0 amide bonds. The van der Waals surface area contributed by atoms with Crippen LogP contribution in [0.3, 0.4) is 0 Å². The fourth-order valence-corrected chi connectivity index (χ4v) is 1.50. The summed E-state index contributed by atoms with van der Waals surface area (Å²) < 4.78 is 0. The number of hydrogen-bond donors (Lipinski definition) is 1. The number of rotatable bonds is 3. The number of benzene rings is 1. The summed E-state index contributed by atoms with van der Waals surface area (Å²) in [6, 6.07) is 9.40. The highest BCUT2D eigenvalue weighted by molar-refractivity contribution is 5.91. The summed E-state index contributed by atoms with van der Waals surface area (Å²) in [5.74, 6) is -0.762. The first-order chi connectivity index (χ1) is 8.20. The first-order valence-corrected chi connectivity index (χ1v) is 5.03. The van der Waals surface area contributed by atoms with Gasteiger partial charge < -0.3 is 10.0 Å². The summed E-state index contributed by atoms with van der Waals surface area (Å²) >= 11 is 0. The molecule has 0 fully saturated rings. The van der Waals surface area contributed by atoms with Crippen LogP contribution in [-0.4, -0.2) is 28.1 Å². The van der Waals surface area contributed by atoms with Crippen LogP contribution in [0.1, 0.15) is 10.5 Å². The van der Waals surface area contributed by atoms with E-state index in [1.165, 1.54) is 12.4 Å². The third kappa shape index (κ3) is 2.23. The number of carboxylic acids is 1. The molecule has 5 nitrogen and oxygen atoms in total. The van der Waals surface area contributed by atoms with Crippen LogP contribution in [0, 0.1) is 0 Å². The number of aromatic nitrogens is 2. The number of anilines is 2. The van der Waals surface area contributed by atoms with Gasteiger partial charge in [0, 0.05) is 25.1 Å². The minimum Gasteiger partial charge on any atom is -0.476 e. The van der Waals surface area contributed by atoms with Gasteiger partial charge in [-0.05, 0) is 12.1 Å². The maximum absolute atomic E-state index is 11.0. The number of nitrogens with zero attached hydrogens (tertiary/aromatic N) is 3. The van der Waals surface area contributed by atoms with Crippen LogP contribution in [0.25, 0.3) is 0 Å². The second kappa shape index (κ2) is 4.61. The van der Waals surface area contributed by atoms with Crippen LogP contribution in [-0.2, 0) is 0 Å². The van der Waals surface area contributed by atoms with Gasteiger partial charge in [-0.1, -0.05) is 18.2 Å². The van der Waals surface area contributed by atoms with Crippen LogP contribution >= 0.6 is 0 Å². The molecular weight excluding hydrogens is 218 g/mol. The summed E-state index contributed by atoms with van der Waals surface area (Å²) in [5, 5.41) is 9.03. The molecule has 0 aliphatic rings. The molecule has 0 radical (unpaired) electrons. The smallest absolute Gasteiger partial charge is 0.358 e. The van der Waals surface area contributed by atoms with Crippen molar-refractivity contribution in [3.63, 3.8) is 0 Å². The summed E-state index contributed by atoms with van der Waals surface area (Å²) in [5.41, 5.74) is 0.800. The van der Waals surface area contributed by atoms with Gasteiger partial charge in [-0.25, -0.2) is 14.8 Å². The maximum Gasteiger partial charge on any atom is 0.358 e. The van der Waals surface area contributed by atoms with Gasteiger partial charge in [0.25, 0.3) is 0 Å². The fraction of sp³-hybridized carbons (Fsp3) is 0.0833. The Bertz CT molecular complexity index is 528. The highest BCUT2D eigenvalue weighted by Crippen LogP contribution is 2.22. The Kier molecular flexibility index (Phi) is 3.00. The van der Waals surface area contributed by atoms with Crippen molar-refractivity contribution < 1.29 is 9.90 Å². The largest absolute Gasteiger partial charge is 0.476 e. The van der Waals surface area contributed by atoms with E-state index in [1.807, 2.05) is 30.3 Å². The molecular formula is C12H11N3O2. The highest BCUT2D eigenvalue weighted by Gasteiger charge is 2.16. The minimum atomic E-state index is -1.09. The monoisotopic (exact) mass is 229 g/mol. The zero-order valence-corrected chi connectivity index (χ0v) is 9.24. The molecule has 1 heterocycles. The van der Waals surface area contributed by atoms with Gasteiger partial charge in [0.15, 0.2) is 11.5 Å². The van der Waals surface area contributed by atoms with Crippen molar-refractivity contribution in [1.82, 2.24) is 9.97 Å². The summed E-state index contributed by atoms with van der Waals surface area (Å²) in [7, 11) is 1.76. The van der Waals surface area contributed by atoms with E-state index < -0.39 is 5.97 Å². The Hall–Kier alpha value is -2.43. The lowest BCUT2D eigenvalue weighted by Crippen LogP contribution is -2.16. The van der Waals surface area contributed by atoms with Gasteiger partial charge in [-0.15, -0.1) is 0 Å². The molecule has 17 heavy (non-hydrogen) atoms. The third-order valence-corrected chi connectivity index (χ3v) is 2.34. The second-order valence-electron chi connectivity index (χ2n) is 3.43. The quantitative estimate of drug-likeness (QED) is 0.871. The molecule has 0 atom stereocenters. The standard InChI is InChI=1S/C12H11N3O2/c1-15(9-5-3-2-4-6-9)11-10(12(16)17)13-7-8-14-11/h2-8H,1H3,(H,16,17). The normalized spacial score (nSPS) is 9.94. The zero-order valence-electron chi connectivity index (χ0n) is 9.24. The number of aromatic carboxylic acids is 1. The van der Waals surface area contributed by atoms with Gasteiger partial charge in [-0.2, -0.15) is 0 Å². The van der Waals surface area contributed by atoms with Gasteiger partial charge in [-0.3, -0.25) is 0 Å². The van der Waals surface area contributed by atoms with E-state index in [-0.39, 0.29) is 5.69 Å². The van der Waals surface area contributed by atoms with E-state index >= 15 is 0 Å². The molecule has 0 bridgehead atoms. The van der Waals surface area contributed by atoms with E-state index in [2.05, 4.69) is 9.97 Å². The molecule has 5 heteroatoms. The Morgan fingerprint density at radius 3 is 2.47 bits per heavy atom. The summed E-state index contributed by atoms with van der Waals surface area (Å²) in [4.78, 5) is 20.6. The lowest BCUT2D eigenvalue weighted by Gasteiger charge is -2.18. The van der Waals surface area contributed by atoms with Crippen LogP contribution < -0.4 is 4.90 Å². The molecule has 2 rings (SSSR count).